The molecule has 0 aromatic rings. The standard InChI is InChI=1S/C15H29N3O3/c1-15(2,3)21-14(20)18-9-5-12(6-10-18)11-13(19)17-8-4-7-16/h12H,4-11,16H2,1-3H3,(H,17,19). The zero-order valence-corrected chi connectivity index (χ0v) is 13.5. The number of hydrogen-bond donors (Lipinski definition) is 2. The number of piperidine rings is 1. The second-order valence-electron chi connectivity index (χ2n) is 6.61. The van der Waals surface area contributed by atoms with Crippen molar-refractivity contribution >= 4 is 12.0 Å². The molecule has 122 valence electrons. The molecule has 0 aromatic heterocycles. The molecule has 1 aliphatic rings. The van der Waals surface area contributed by atoms with Crippen LogP contribution in [0.4, 0.5) is 4.79 Å². The normalized spacial score (nSPS) is 16.7. The Labute approximate surface area is 127 Å². The van der Waals surface area contributed by atoms with Crippen LogP contribution in [0.15, 0.2) is 0 Å². The lowest BCUT2D eigenvalue weighted by Crippen LogP contribution is -2.42. The Kier molecular flexibility index (Phi) is 6.95. The number of hydrogen-bond acceptors (Lipinski definition) is 4. The van der Waals surface area contributed by atoms with Gasteiger partial charge in [0.05, 0.1) is 0 Å². The van der Waals surface area contributed by atoms with E-state index in [4.69, 9.17) is 10.5 Å². The number of ether oxygens (including phenoxy) is 1. The predicted molar refractivity (Wildman–Crippen MR) is 81.8 cm³/mol. The Morgan fingerprint density at radius 3 is 2.43 bits per heavy atom. The van der Waals surface area contributed by atoms with Gasteiger partial charge < -0.3 is 20.7 Å². The summed E-state index contributed by atoms with van der Waals surface area (Å²) in [5.41, 5.74) is 4.92. The topological polar surface area (TPSA) is 84.7 Å². The first kappa shape index (κ1) is 17.8. The molecular formula is C15H29N3O3. The molecular weight excluding hydrogens is 270 g/mol. The van der Waals surface area contributed by atoms with Crippen molar-refractivity contribution in [3.8, 4) is 0 Å². The molecule has 0 unspecified atom stereocenters. The lowest BCUT2D eigenvalue weighted by atomic mass is 9.93. The smallest absolute Gasteiger partial charge is 0.410 e. The Bertz CT molecular complexity index is 345. The summed E-state index contributed by atoms with van der Waals surface area (Å²) >= 11 is 0. The Hall–Kier alpha value is -1.30. The molecule has 3 N–H and O–H groups in total. The van der Waals surface area contributed by atoms with Gasteiger partial charge in [-0.15, -0.1) is 0 Å². The average Bonchev–Trinajstić information content (AvgIpc) is 2.38. The zero-order valence-electron chi connectivity index (χ0n) is 13.5. The Morgan fingerprint density at radius 2 is 1.90 bits per heavy atom. The lowest BCUT2D eigenvalue weighted by Gasteiger charge is -2.33. The highest BCUT2D eigenvalue weighted by molar-refractivity contribution is 5.76. The maximum absolute atomic E-state index is 11.9. The summed E-state index contributed by atoms with van der Waals surface area (Å²) in [6.07, 6.45) is 2.79. The molecule has 1 saturated heterocycles. The second kappa shape index (κ2) is 8.22. The highest BCUT2D eigenvalue weighted by Crippen LogP contribution is 2.22. The van der Waals surface area contributed by atoms with E-state index in [9.17, 15) is 9.59 Å². The van der Waals surface area contributed by atoms with Crippen LogP contribution in [0.1, 0.15) is 46.5 Å². The summed E-state index contributed by atoms with van der Waals surface area (Å²) < 4.78 is 5.35. The molecule has 21 heavy (non-hydrogen) atoms. The zero-order chi connectivity index (χ0) is 15.9. The van der Waals surface area contributed by atoms with Crippen LogP contribution >= 0.6 is 0 Å². The molecule has 1 heterocycles. The fraction of sp³-hybridized carbons (Fsp3) is 0.867. The molecule has 0 spiro atoms. The van der Waals surface area contributed by atoms with Crippen molar-refractivity contribution < 1.29 is 14.3 Å². The number of nitrogens with zero attached hydrogens (tertiary/aromatic N) is 1. The van der Waals surface area contributed by atoms with Crippen LogP contribution in [-0.2, 0) is 9.53 Å². The molecule has 1 rings (SSSR count). The number of likely N-dealkylation sites (tertiary alicyclic amines) is 1. The van der Waals surface area contributed by atoms with Crippen LogP contribution in [0.5, 0.6) is 0 Å². The van der Waals surface area contributed by atoms with Crippen LogP contribution in [-0.4, -0.2) is 48.7 Å². The first-order valence-electron chi connectivity index (χ1n) is 7.76. The number of rotatable bonds is 5. The minimum absolute atomic E-state index is 0.0826. The molecule has 0 radical (unpaired) electrons. The largest absolute Gasteiger partial charge is 0.444 e. The number of carbonyl (C=O) groups is 2. The molecule has 0 atom stereocenters. The first-order valence-corrected chi connectivity index (χ1v) is 7.76. The van der Waals surface area contributed by atoms with Crippen LogP contribution in [0.2, 0.25) is 0 Å². The minimum atomic E-state index is -0.461. The maximum atomic E-state index is 11.9. The summed E-state index contributed by atoms with van der Waals surface area (Å²) in [5.74, 6) is 0.431. The van der Waals surface area contributed by atoms with Gasteiger partial charge in [-0.1, -0.05) is 0 Å². The minimum Gasteiger partial charge on any atom is -0.444 e. The molecule has 2 amide bonds. The summed E-state index contributed by atoms with van der Waals surface area (Å²) in [4.78, 5) is 25.4. The van der Waals surface area contributed by atoms with Crippen LogP contribution in [0, 0.1) is 5.92 Å². The van der Waals surface area contributed by atoms with Crippen LogP contribution in [0.25, 0.3) is 0 Å². The van der Waals surface area contributed by atoms with Gasteiger partial charge in [0.25, 0.3) is 0 Å². The van der Waals surface area contributed by atoms with E-state index in [1.807, 2.05) is 20.8 Å². The molecule has 0 saturated carbocycles. The molecule has 0 aliphatic carbocycles. The number of nitrogens with two attached hydrogens (primary N) is 1. The molecule has 0 aromatic carbocycles. The summed E-state index contributed by atoms with van der Waals surface area (Å²) in [5, 5.41) is 2.87. The molecule has 6 nitrogen and oxygen atoms in total. The number of carbonyl (C=O) groups excluding carboxylic acids is 2. The fourth-order valence-corrected chi connectivity index (χ4v) is 2.31. The van der Waals surface area contributed by atoms with Crippen molar-refractivity contribution in [2.24, 2.45) is 11.7 Å². The van der Waals surface area contributed by atoms with Gasteiger partial charge in [-0.2, -0.15) is 0 Å². The van der Waals surface area contributed by atoms with E-state index in [1.54, 1.807) is 4.90 Å². The molecule has 1 fully saturated rings. The van der Waals surface area contributed by atoms with Gasteiger partial charge in [0.1, 0.15) is 5.60 Å². The third-order valence-corrected chi connectivity index (χ3v) is 3.44. The van der Waals surface area contributed by atoms with Gasteiger partial charge in [0.2, 0.25) is 5.91 Å². The summed E-state index contributed by atoms with van der Waals surface area (Å²) in [6.45, 7) is 8.15. The van der Waals surface area contributed by atoms with E-state index in [-0.39, 0.29) is 12.0 Å². The van der Waals surface area contributed by atoms with Crippen molar-refractivity contribution in [3.63, 3.8) is 0 Å². The fourth-order valence-electron chi connectivity index (χ4n) is 2.31. The van der Waals surface area contributed by atoms with E-state index in [0.29, 0.717) is 38.5 Å². The predicted octanol–water partition coefficient (Wildman–Crippen LogP) is 1.49. The van der Waals surface area contributed by atoms with Gasteiger partial charge in [0, 0.05) is 26.1 Å². The summed E-state index contributed by atoms with van der Waals surface area (Å²) in [6, 6.07) is 0. The Balaban J connectivity index is 2.26. The maximum Gasteiger partial charge on any atom is 0.410 e. The van der Waals surface area contributed by atoms with Crippen molar-refractivity contribution in [2.45, 2.75) is 52.1 Å². The Morgan fingerprint density at radius 1 is 1.29 bits per heavy atom. The molecule has 6 heteroatoms. The van der Waals surface area contributed by atoms with Gasteiger partial charge >= 0.3 is 6.09 Å². The van der Waals surface area contributed by atoms with Crippen molar-refractivity contribution in [2.75, 3.05) is 26.2 Å². The second-order valence-corrected chi connectivity index (χ2v) is 6.61. The molecule has 0 bridgehead atoms. The van der Waals surface area contributed by atoms with Crippen molar-refractivity contribution in [1.82, 2.24) is 10.2 Å². The third kappa shape index (κ3) is 7.32. The number of amides is 2. The van der Waals surface area contributed by atoms with Crippen LogP contribution < -0.4 is 11.1 Å². The van der Waals surface area contributed by atoms with Gasteiger partial charge in [-0.25, -0.2) is 4.79 Å². The van der Waals surface area contributed by atoms with Crippen molar-refractivity contribution in [1.29, 1.82) is 0 Å². The number of nitrogens with one attached hydrogen (secondary N) is 1. The molecule has 1 aliphatic heterocycles. The van der Waals surface area contributed by atoms with E-state index in [1.165, 1.54) is 0 Å². The summed E-state index contributed by atoms with van der Waals surface area (Å²) in [7, 11) is 0. The van der Waals surface area contributed by atoms with Gasteiger partial charge in [0.15, 0.2) is 0 Å². The van der Waals surface area contributed by atoms with E-state index >= 15 is 0 Å². The van der Waals surface area contributed by atoms with Crippen LogP contribution in [0.3, 0.4) is 0 Å². The third-order valence-electron chi connectivity index (χ3n) is 3.44. The average molecular weight is 299 g/mol. The van der Waals surface area contributed by atoms with Crippen molar-refractivity contribution in [3.05, 3.63) is 0 Å². The monoisotopic (exact) mass is 299 g/mol. The highest BCUT2D eigenvalue weighted by atomic mass is 16.6. The van der Waals surface area contributed by atoms with E-state index in [2.05, 4.69) is 5.32 Å². The van der Waals surface area contributed by atoms with Gasteiger partial charge in [-0.3, -0.25) is 4.79 Å². The lowest BCUT2D eigenvalue weighted by molar-refractivity contribution is -0.122. The van der Waals surface area contributed by atoms with E-state index in [0.717, 1.165) is 19.3 Å². The SMILES string of the molecule is CC(C)(C)OC(=O)N1CCC(CC(=O)NCCCN)CC1. The van der Waals surface area contributed by atoms with Gasteiger partial charge in [-0.05, 0) is 52.5 Å². The van der Waals surface area contributed by atoms with E-state index < -0.39 is 5.60 Å². The quantitative estimate of drug-likeness (QED) is 0.753. The highest BCUT2D eigenvalue weighted by Gasteiger charge is 2.27. The first-order chi connectivity index (χ1) is 9.81.